The summed E-state index contributed by atoms with van der Waals surface area (Å²) in [6.45, 7) is 3.73. The molecule has 21 heavy (non-hydrogen) atoms. The first-order valence-electron chi connectivity index (χ1n) is 6.74. The van der Waals surface area contributed by atoms with Crippen molar-refractivity contribution in [1.29, 1.82) is 0 Å². The van der Waals surface area contributed by atoms with Crippen LogP contribution in [0.3, 0.4) is 0 Å². The Bertz CT molecular complexity index is 887. The van der Waals surface area contributed by atoms with E-state index in [9.17, 15) is 0 Å². The number of hydrogen-bond acceptors (Lipinski definition) is 2. The number of nitrogens with zero attached hydrogens (tertiary/aromatic N) is 1. The van der Waals surface area contributed by atoms with E-state index in [4.69, 9.17) is 4.42 Å². The van der Waals surface area contributed by atoms with E-state index in [1.54, 1.807) is 12.0 Å². The Morgan fingerprint density at radius 2 is 2.05 bits per heavy atom. The third-order valence-corrected chi connectivity index (χ3v) is 3.24. The molecular weight excluding hydrogens is 257 g/mol. The Kier molecular flexibility index (Phi) is 3.65. The van der Waals surface area contributed by atoms with Crippen molar-refractivity contribution in [2.45, 2.75) is 0 Å². The van der Waals surface area contributed by atoms with E-state index < -0.39 is 0 Å². The minimum absolute atomic E-state index is 0.583. The molecule has 0 aliphatic heterocycles. The molecule has 0 bridgehead atoms. The maximum atomic E-state index is 5.98. The zero-order valence-electron chi connectivity index (χ0n) is 11.6. The van der Waals surface area contributed by atoms with Gasteiger partial charge >= 0.3 is 123 Å². The van der Waals surface area contributed by atoms with Gasteiger partial charge in [0.1, 0.15) is 0 Å². The van der Waals surface area contributed by atoms with Crippen LogP contribution in [0.1, 0.15) is 5.89 Å². The SMILES string of the molecule is B=C/C=C\C(=C/C=C)c1nc2ccc3ccccc3c2o1. The average molecular weight is 271 g/mol. The fourth-order valence-corrected chi connectivity index (χ4v) is 2.28. The topological polar surface area (TPSA) is 26.0 Å². The zero-order valence-corrected chi connectivity index (χ0v) is 11.6. The Hall–Kier alpha value is -2.68. The van der Waals surface area contributed by atoms with Gasteiger partial charge in [-0.2, -0.15) is 0 Å². The van der Waals surface area contributed by atoms with E-state index in [0.717, 1.165) is 27.4 Å². The van der Waals surface area contributed by atoms with Crippen LogP contribution in [-0.2, 0) is 0 Å². The summed E-state index contributed by atoms with van der Waals surface area (Å²) in [5.74, 6) is 2.30. The number of oxazole rings is 1. The number of aromatic nitrogens is 1. The molecule has 2 nitrogen and oxygen atoms in total. The van der Waals surface area contributed by atoms with E-state index >= 15 is 0 Å². The molecule has 3 heteroatoms. The van der Waals surface area contributed by atoms with Gasteiger partial charge in [0.15, 0.2) is 0 Å². The minimum atomic E-state index is 0.583. The van der Waals surface area contributed by atoms with Crippen molar-refractivity contribution in [3.63, 3.8) is 0 Å². The van der Waals surface area contributed by atoms with Crippen LogP contribution in [0.25, 0.3) is 27.4 Å². The summed E-state index contributed by atoms with van der Waals surface area (Å²) >= 11 is 0. The Labute approximate surface area is 124 Å². The van der Waals surface area contributed by atoms with Crippen molar-refractivity contribution in [2.24, 2.45) is 0 Å². The summed E-state index contributed by atoms with van der Waals surface area (Å²) in [5, 5.41) is 2.21. The fraction of sp³-hybridized carbons (Fsp3) is 0. The van der Waals surface area contributed by atoms with Crippen molar-refractivity contribution >= 4 is 40.9 Å². The second kappa shape index (κ2) is 5.75. The quantitative estimate of drug-likeness (QED) is 0.532. The molecule has 0 radical (unpaired) electrons. The molecule has 1 heterocycles. The van der Waals surface area contributed by atoms with Gasteiger partial charge in [-0.15, -0.1) is 0 Å². The van der Waals surface area contributed by atoms with Gasteiger partial charge < -0.3 is 0 Å². The molecule has 1 aromatic heterocycles. The average Bonchev–Trinajstić information content (AvgIpc) is 2.96. The molecule has 3 aromatic rings. The number of rotatable bonds is 4. The predicted molar refractivity (Wildman–Crippen MR) is 92.0 cm³/mol. The van der Waals surface area contributed by atoms with Crippen LogP contribution in [0, 0.1) is 0 Å². The first-order chi connectivity index (χ1) is 10.3. The van der Waals surface area contributed by atoms with Gasteiger partial charge in [0.25, 0.3) is 0 Å². The first-order valence-corrected chi connectivity index (χ1v) is 6.74. The van der Waals surface area contributed by atoms with E-state index in [1.165, 1.54) is 0 Å². The molecule has 0 amide bonds. The molecule has 0 unspecified atom stereocenters. The summed E-state index contributed by atoms with van der Waals surface area (Å²) in [5.41, 5.74) is 2.53. The maximum absolute atomic E-state index is 5.98. The summed E-state index contributed by atoms with van der Waals surface area (Å²) in [7, 11) is 3.68. The van der Waals surface area contributed by atoms with Gasteiger partial charge in [-0.1, -0.05) is 0 Å². The molecule has 0 fully saturated rings. The van der Waals surface area contributed by atoms with E-state index in [1.807, 2.05) is 42.5 Å². The van der Waals surface area contributed by atoms with Crippen LogP contribution >= 0.6 is 0 Å². The normalized spacial score (nSPS) is 12.2. The van der Waals surface area contributed by atoms with Crippen LogP contribution in [0.4, 0.5) is 0 Å². The predicted octanol–water partition coefficient (Wildman–Crippen LogP) is 3.81. The third-order valence-electron chi connectivity index (χ3n) is 3.24. The molecule has 3 rings (SSSR count). The molecule has 0 saturated heterocycles. The molecule has 100 valence electrons. The Morgan fingerprint density at radius 1 is 1.19 bits per heavy atom. The molecule has 0 aliphatic carbocycles. The van der Waals surface area contributed by atoms with Crippen molar-refractivity contribution in [1.82, 2.24) is 4.98 Å². The fourth-order valence-electron chi connectivity index (χ4n) is 2.28. The summed E-state index contributed by atoms with van der Waals surface area (Å²) in [4.78, 5) is 4.57. The number of benzene rings is 2. The molecule has 2 aromatic carbocycles. The molecule has 0 spiro atoms. The van der Waals surface area contributed by atoms with Crippen LogP contribution in [0.5, 0.6) is 0 Å². The van der Waals surface area contributed by atoms with Crippen LogP contribution in [0.2, 0.25) is 0 Å². The zero-order chi connectivity index (χ0) is 14.7. The van der Waals surface area contributed by atoms with E-state index in [0.29, 0.717) is 5.89 Å². The van der Waals surface area contributed by atoms with Gasteiger partial charge in [-0.3, -0.25) is 0 Å². The van der Waals surface area contributed by atoms with Crippen LogP contribution in [0.15, 0.2) is 71.7 Å². The molecule has 0 aliphatic rings. The van der Waals surface area contributed by atoms with Crippen LogP contribution < -0.4 is 0 Å². The van der Waals surface area contributed by atoms with Crippen molar-refractivity contribution in [3.8, 4) is 0 Å². The molecular formula is C18H14BNO. The van der Waals surface area contributed by atoms with Crippen LogP contribution in [-0.4, -0.2) is 18.4 Å². The standard InChI is InChI=1S/C18H14BNO/c1-2-6-14(8-5-12-19)18-20-16-11-10-13-7-3-4-9-15(13)17(16)21-18/h2-12,19H,1H2/b8-5-,14-6+. The monoisotopic (exact) mass is 271 g/mol. The molecule has 0 atom stereocenters. The number of hydrogen-bond donors (Lipinski definition) is 0. The second-order valence-electron chi connectivity index (χ2n) is 4.61. The summed E-state index contributed by atoms with van der Waals surface area (Å²) in [6.07, 6.45) is 7.34. The Balaban J connectivity index is 2.22. The van der Waals surface area contributed by atoms with Gasteiger partial charge in [0, 0.05) is 0 Å². The molecule has 0 N–H and O–H groups in total. The van der Waals surface area contributed by atoms with E-state index in [2.05, 4.69) is 31.2 Å². The van der Waals surface area contributed by atoms with Crippen molar-refractivity contribution in [3.05, 3.63) is 73.2 Å². The van der Waals surface area contributed by atoms with Gasteiger partial charge in [-0.05, 0) is 0 Å². The molecule has 0 saturated carbocycles. The number of allylic oxidation sites excluding steroid dienone is 5. The summed E-state index contributed by atoms with van der Waals surface area (Å²) < 4.78 is 5.98. The second-order valence-corrected chi connectivity index (χ2v) is 4.61. The van der Waals surface area contributed by atoms with Crippen molar-refractivity contribution < 1.29 is 4.42 Å². The first kappa shape index (κ1) is 13.3. The third kappa shape index (κ3) is 2.50. The van der Waals surface area contributed by atoms with Crippen molar-refractivity contribution in [2.75, 3.05) is 0 Å². The van der Waals surface area contributed by atoms with E-state index in [-0.39, 0.29) is 0 Å². The number of fused-ring (bicyclic) bond motifs is 3. The van der Waals surface area contributed by atoms with Gasteiger partial charge in [0.2, 0.25) is 0 Å². The summed E-state index contributed by atoms with van der Waals surface area (Å²) in [6, 6.07) is 12.2. The van der Waals surface area contributed by atoms with Gasteiger partial charge in [-0.25, -0.2) is 0 Å². The Morgan fingerprint density at radius 3 is 2.86 bits per heavy atom. The van der Waals surface area contributed by atoms with Gasteiger partial charge in [0.05, 0.1) is 0 Å².